The number of hydrogen-bond donors (Lipinski definition) is 1. The van der Waals surface area contributed by atoms with E-state index in [0.29, 0.717) is 77.2 Å². The summed E-state index contributed by atoms with van der Waals surface area (Å²) < 4.78 is 29.0. The van der Waals surface area contributed by atoms with Gasteiger partial charge in [-0.1, -0.05) is 57.2 Å². The Hall–Kier alpha value is -6.16. The lowest BCUT2D eigenvalue weighted by molar-refractivity contribution is 0.0799. The lowest BCUT2D eigenvalue weighted by atomic mass is 9.71. The summed E-state index contributed by atoms with van der Waals surface area (Å²) >= 11 is 0. The molecule has 10 heteroatoms. The molecule has 0 aliphatic carbocycles. The molecule has 0 amide bonds. The fourth-order valence-corrected chi connectivity index (χ4v) is 7.07. The van der Waals surface area contributed by atoms with Crippen LogP contribution in [0.25, 0.3) is 11.1 Å². The number of carbonyl (C=O) groups is 2. The Morgan fingerprint density at radius 2 is 1.42 bits per heavy atom. The summed E-state index contributed by atoms with van der Waals surface area (Å²) in [4.78, 5) is 36.4. The summed E-state index contributed by atoms with van der Waals surface area (Å²) in [5, 5.41) is 0. The summed E-state index contributed by atoms with van der Waals surface area (Å²) in [6.45, 7) is 12.2. The Labute approximate surface area is 348 Å². The maximum absolute atomic E-state index is 14.1. The van der Waals surface area contributed by atoms with Crippen LogP contribution in [0.3, 0.4) is 0 Å². The number of ether oxygens (including phenoxy) is 5. The minimum atomic E-state index is -0.734. The highest BCUT2D eigenvalue weighted by Gasteiger charge is 2.40. The highest BCUT2D eigenvalue weighted by atomic mass is 16.5. The lowest BCUT2D eigenvalue weighted by Gasteiger charge is -2.30. The zero-order valence-corrected chi connectivity index (χ0v) is 35.8. The SMILES string of the molecule is C/C=C(\C[C@H](C)/C=N\c1cc(OCCCOc2cc3c(cc2OC)C(=O)C(C)(C)[C@@H](C/C(=C\C)c2ccc(N)cc2)C=N3)c(OC)cc1C(C)=O)c1ccc(OC)cc1. The number of methoxy groups -OCH3 is 3. The van der Waals surface area contributed by atoms with Crippen LogP contribution in [0.2, 0.25) is 0 Å². The molecule has 5 rings (SSSR count). The number of ketones is 2. The Morgan fingerprint density at radius 3 is 2.02 bits per heavy atom. The molecule has 0 saturated heterocycles. The van der Waals surface area contributed by atoms with Gasteiger partial charge in [0.25, 0.3) is 0 Å². The smallest absolute Gasteiger partial charge is 0.171 e. The van der Waals surface area contributed by atoms with Gasteiger partial charge in [0.05, 0.1) is 45.9 Å². The predicted molar refractivity (Wildman–Crippen MR) is 239 cm³/mol. The molecule has 0 saturated carbocycles. The second kappa shape index (κ2) is 20.0. The van der Waals surface area contributed by atoms with Crippen LogP contribution in [-0.4, -0.2) is 58.5 Å². The zero-order chi connectivity index (χ0) is 42.7. The minimum absolute atomic E-state index is 0.0139. The summed E-state index contributed by atoms with van der Waals surface area (Å²) in [7, 11) is 4.75. The first kappa shape index (κ1) is 44.0. The van der Waals surface area contributed by atoms with Crippen molar-refractivity contribution in [2.24, 2.45) is 27.2 Å². The topological polar surface area (TPSA) is 131 Å². The van der Waals surface area contributed by atoms with Crippen molar-refractivity contribution in [2.45, 2.75) is 60.8 Å². The highest BCUT2D eigenvalue weighted by molar-refractivity contribution is 6.08. The largest absolute Gasteiger partial charge is 0.497 e. The van der Waals surface area contributed by atoms with E-state index in [1.807, 2.05) is 88.7 Å². The van der Waals surface area contributed by atoms with Crippen molar-refractivity contribution < 1.29 is 33.3 Å². The van der Waals surface area contributed by atoms with Crippen molar-refractivity contribution in [3.05, 3.63) is 107 Å². The fraction of sp³-hybridized carbons (Fsp3) is 0.347. The van der Waals surface area contributed by atoms with Crippen LogP contribution in [0.15, 0.2) is 94.9 Å². The van der Waals surface area contributed by atoms with Crippen LogP contribution in [0.1, 0.15) is 92.6 Å². The number of benzene rings is 4. The van der Waals surface area contributed by atoms with E-state index in [1.54, 1.807) is 45.6 Å². The van der Waals surface area contributed by atoms with Gasteiger partial charge in [0.1, 0.15) is 5.75 Å². The highest BCUT2D eigenvalue weighted by Crippen LogP contribution is 2.44. The van der Waals surface area contributed by atoms with Crippen molar-refractivity contribution in [2.75, 3.05) is 40.3 Å². The number of nitrogens with two attached hydrogens (primary N) is 1. The molecule has 59 heavy (non-hydrogen) atoms. The molecule has 0 spiro atoms. The van der Waals surface area contributed by atoms with Crippen LogP contribution >= 0.6 is 0 Å². The van der Waals surface area contributed by atoms with Crippen molar-refractivity contribution in [3.8, 4) is 28.7 Å². The Morgan fingerprint density at radius 1 is 0.831 bits per heavy atom. The molecule has 10 nitrogen and oxygen atoms in total. The Bertz CT molecular complexity index is 2240. The molecule has 0 bridgehead atoms. The van der Waals surface area contributed by atoms with Crippen LogP contribution in [0, 0.1) is 17.3 Å². The monoisotopic (exact) mass is 799 g/mol. The van der Waals surface area contributed by atoms with E-state index in [9.17, 15) is 9.59 Å². The number of fused-ring (bicyclic) bond motifs is 1. The van der Waals surface area contributed by atoms with Crippen molar-refractivity contribution in [1.29, 1.82) is 0 Å². The van der Waals surface area contributed by atoms with Gasteiger partial charge in [-0.25, -0.2) is 0 Å². The molecule has 4 aromatic rings. The average Bonchev–Trinajstić information content (AvgIpc) is 3.32. The third-order valence-electron chi connectivity index (χ3n) is 10.8. The quantitative estimate of drug-likeness (QED) is 0.0455. The molecule has 2 N–H and O–H groups in total. The average molecular weight is 800 g/mol. The van der Waals surface area contributed by atoms with Gasteiger partial charge in [0.2, 0.25) is 0 Å². The van der Waals surface area contributed by atoms with Crippen molar-refractivity contribution >= 4 is 52.2 Å². The molecular formula is C49H57N3O7. The Balaban J connectivity index is 1.25. The van der Waals surface area contributed by atoms with Gasteiger partial charge in [0.15, 0.2) is 34.6 Å². The van der Waals surface area contributed by atoms with Gasteiger partial charge in [0, 0.05) is 59.1 Å². The minimum Gasteiger partial charge on any atom is -0.497 e. The molecule has 0 aromatic heterocycles. The first-order valence-electron chi connectivity index (χ1n) is 20.0. The molecule has 310 valence electrons. The van der Waals surface area contributed by atoms with Crippen LogP contribution in [0.5, 0.6) is 28.7 Å². The summed E-state index contributed by atoms with van der Waals surface area (Å²) in [6.07, 6.45) is 9.85. The van der Waals surface area contributed by atoms with E-state index in [-0.39, 0.29) is 23.4 Å². The fourth-order valence-electron chi connectivity index (χ4n) is 7.07. The second-order valence-electron chi connectivity index (χ2n) is 15.2. The van der Waals surface area contributed by atoms with Crippen LogP contribution < -0.4 is 29.4 Å². The molecule has 4 aromatic carbocycles. The van der Waals surface area contributed by atoms with E-state index in [1.165, 1.54) is 12.5 Å². The molecule has 0 unspecified atom stereocenters. The predicted octanol–water partition coefficient (Wildman–Crippen LogP) is 11.2. The van der Waals surface area contributed by atoms with E-state index in [4.69, 9.17) is 39.4 Å². The lowest BCUT2D eigenvalue weighted by Crippen LogP contribution is -2.33. The third-order valence-corrected chi connectivity index (χ3v) is 10.8. The molecule has 2 atom stereocenters. The normalized spacial score (nSPS) is 15.7. The number of aliphatic imine (C=N–C) groups is 2. The van der Waals surface area contributed by atoms with Crippen molar-refractivity contribution in [3.63, 3.8) is 0 Å². The summed E-state index contributed by atoms with van der Waals surface area (Å²) in [5.41, 5.74) is 12.4. The van der Waals surface area contributed by atoms with Gasteiger partial charge in [-0.3, -0.25) is 19.6 Å². The summed E-state index contributed by atoms with van der Waals surface area (Å²) in [6, 6.07) is 22.7. The van der Waals surface area contributed by atoms with E-state index < -0.39 is 5.41 Å². The van der Waals surface area contributed by atoms with Gasteiger partial charge >= 0.3 is 0 Å². The number of allylic oxidation sites excluding steroid dienone is 4. The number of rotatable bonds is 18. The molecule has 1 heterocycles. The molecule has 1 aliphatic heterocycles. The van der Waals surface area contributed by atoms with Gasteiger partial charge in [-0.05, 0) is 98.2 Å². The number of Topliss-reactive ketones (excluding diaryl/α,β-unsaturated/α-hetero) is 2. The third kappa shape index (κ3) is 10.7. The molecule has 0 radical (unpaired) electrons. The number of nitrogens with zero attached hydrogens (tertiary/aromatic N) is 2. The number of carbonyl (C=O) groups excluding carboxylic acids is 2. The Kier molecular flexibility index (Phi) is 14.9. The first-order chi connectivity index (χ1) is 28.3. The zero-order valence-electron chi connectivity index (χ0n) is 35.8. The molecule has 0 fully saturated rings. The standard InChI is InChI=1S/C49H57N3O7/c1-10-33(36-15-19-39(55-7)20-16-36)23-31(3)29-51-42-27-46(44(56-8)25-40(42)32(4)53)58-21-12-22-59-47-28-43-41(26-45(47)57-9)48(54)49(5,6)37(30-52-43)24-34(11-2)35-13-17-38(50)18-14-35/h10-11,13-20,25-31,37H,12,21-24,50H2,1-9H3/b33-10+,34-11+,51-29-/t31-,37-/m0/s1. The van der Waals surface area contributed by atoms with Crippen molar-refractivity contribution in [1.82, 2.24) is 0 Å². The van der Waals surface area contributed by atoms with E-state index in [0.717, 1.165) is 28.9 Å². The maximum atomic E-state index is 14.1. The number of nitrogen functional groups attached to an aromatic ring is 1. The van der Waals surface area contributed by atoms with Gasteiger partial charge in [-0.2, -0.15) is 0 Å². The molecular weight excluding hydrogens is 743 g/mol. The number of anilines is 1. The molecule has 1 aliphatic rings. The number of hydrogen-bond acceptors (Lipinski definition) is 10. The second-order valence-corrected chi connectivity index (χ2v) is 15.2. The van der Waals surface area contributed by atoms with Gasteiger partial charge < -0.3 is 29.4 Å². The van der Waals surface area contributed by atoms with E-state index in [2.05, 4.69) is 19.1 Å². The van der Waals surface area contributed by atoms with Gasteiger partial charge in [-0.15, -0.1) is 0 Å². The first-order valence-corrected chi connectivity index (χ1v) is 20.0. The van der Waals surface area contributed by atoms with Crippen LogP contribution in [0.4, 0.5) is 17.1 Å². The van der Waals surface area contributed by atoms with Crippen LogP contribution in [-0.2, 0) is 0 Å². The summed E-state index contributed by atoms with van der Waals surface area (Å²) in [5.74, 6) is 2.41. The maximum Gasteiger partial charge on any atom is 0.171 e. The van der Waals surface area contributed by atoms with E-state index >= 15 is 0 Å².